The number of β-lactam (4-membered cyclic amide) rings is 1. The Morgan fingerprint density at radius 2 is 2.10 bits per heavy atom. The number of rotatable bonds is 11. The number of aliphatic hydroxyl groups excluding tert-OH is 1. The number of carbonyl (C=O) groups is 3. The normalized spacial score (nSPS) is 18.8. The maximum absolute atomic E-state index is 13.0. The zero-order valence-electron chi connectivity index (χ0n) is 21.0. The molecule has 2 amide bonds. The first-order chi connectivity index (χ1) is 19.7. The quantitative estimate of drug-likeness (QED) is 0.0394. The van der Waals surface area contributed by atoms with Crippen molar-refractivity contribution in [3.05, 3.63) is 45.7 Å². The van der Waals surface area contributed by atoms with Gasteiger partial charge in [0.15, 0.2) is 27.2 Å². The molecular formula is C22H23N9O6S4. The number of thiazole rings is 2. The molecule has 19 heteroatoms. The van der Waals surface area contributed by atoms with E-state index in [9.17, 15) is 29.8 Å². The van der Waals surface area contributed by atoms with E-state index in [-0.39, 0.29) is 28.9 Å². The third kappa shape index (κ3) is 5.75. The van der Waals surface area contributed by atoms with Crippen LogP contribution in [0.3, 0.4) is 0 Å². The summed E-state index contributed by atoms with van der Waals surface area (Å²) in [7, 11) is 0. The fourth-order valence-corrected chi connectivity index (χ4v) is 8.18. The molecule has 2 aliphatic rings. The first-order valence-electron chi connectivity index (χ1n) is 11.9. The molecule has 0 saturated carbocycles. The van der Waals surface area contributed by atoms with E-state index in [0.717, 1.165) is 21.9 Å². The highest BCUT2D eigenvalue weighted by Gasteiger charge is 2.53. The molecule has 5 heterocycles. The lowest BCUT2D eigenvalue weighted by Gasteiger charge is -2.50. The van der Waals surface area contributed by atoms with Crippen molar-refractivity contribution in [2.45, 2.75) is 28.8 Å². The van der Waals surface area contributed by atoms with E-state index in [0.29, 0.717) is 34.6 Å². The van der Waals surface area contributed by atoms with Crippen molar-refractivity contribution in [2.75, 3.05) is 29.6 Å². The Kier molecular flexibility index (Phi) is 8.50. The smallest absolute Gasteiger partial charge is 0.276 e. The van der Waals surface area contributed by atoms with Gasteiger partial charge in [0, 0.05) is 22.3 Å². The highest BCUT2D eigenvalue weighted by Crippen LogP contribution is 2.41. The van der Waals surface area contributed by atoms with Crippen LogP contribution in [0.5, 0.6) is 0 Å². The molecule has 1 saturated heterocycles. The van der Waals surface area contributed by atoms with Crippen LogP contribution in [-0.2, 0) is 27.5 Å². The Morgan fingerprint density at radius 3 is 2.78 bits per heavy atom. The number of aliphatic carboxylic acids is 1. The lowest BCUT2D eigenvalue weighted by atomic mass is 10.0. The first kappa shape index (κ1) is 28.9. The number of thioether (sulfide) groups is 2. The van der Waals surface area contributed by atoms with Crippen LogP contribution in [0.25, 0.3) is 0 Å². The van der Waals surface area contributed by atoms with Gasteiger partial charge in [-0.05, 0) is 5.57 Å². The lowest BCUT2D eigenvalue weighted by Crippen LogP contribution is -2.71. The highest BCUT2D eigenvalue weighted by molar-refractivity contribution is 8.01. The summed E-state index contributed by atoms with van der Waals surface area (Å²) >= 11 is 5.10. The Balaban J connectivity index is 1.24. The molecule has 0 spiro atoms. The lowest BCUT2D eigenvalue weighted by molar-refractivity contribution is -0.767. The summed E-state index contributed by atoms with van der Waals surface area (Å²) in [6.45, 7) is 0.728. The second-order valence-electron chi connectivity index (χ2n) is 8.70. The van der Waals surface area contributed by atoms with E-state index in [4.69, 9.17) is 11.5 Å². The molecule has 15 nitrogen and oxygen atoms in total. The van der Waals surface area contributed by atoms with Gasteiger partial charge in [-0.3, -0.25) is 14.5 Å². The fraction of sp³-hybridized carbons (Fsp3) is 0.318. The van der Waals surface area contributed by atoms with Crippen LogP contribution in [0.4, 0.5) is 10.9 Å². The second kappa shape index (κ2) is 12.1. The number of nitrogens with one attached hydrogen (secondary N) is 1. The van der Waals surface area contributed by atoms with E-state index >= 15 is 0 Å². The standard InChI is InChI=1S/C22H23N9O6S4/c23-13-1-2-29(30(13)3-4-32)5-11-8-41-22(25-11)40-7-10-6-38-19-15(18(34)31(19)16(10)20(35)36)27-17(33)14(28-37)12-9-39-21(24)26-12/h1-2,8-9,15,19,23,32H,3-7H2,(H5,24,26,27,33,35,36,37)/t15-,19?/m1/s1. The number of nitrogen functional groups attached to an aromatic ring is 2. The van der Waals surface area contributed by atoms with Gasteiger partial charge in [-0.25, -0.2) is 9.97 Å². The fourth-order valence-electron chi connectivity index (χ4n) is 4.31. The predicted octanol–water partition coefficient (Wildman–Crippen LogP) is -1.73. The average Bonchev–Trinajstić information content (AvgIpc) is 3.67. The molecule has 0 aromatic carbocycles. The number of amides is 2. The number of aromatic nitrogens is 4. The SMILES string of the molecule is Nc1nc(/C(=N/O)C(=O)N[C@@H]2C(=O)N3C(C(=O)[O-])=C(CSc4nc(C[n+]5ccc(N)n5CCO)cs4)CSC23)cs1. The predicted molar refractivity (Wildman–Crippen MR) is 150 cm³/mol. The molecule has 7 N–H and O–H groups in total. The zero-order valence-corrected chi connectivity index (χ0v) is 24.3. The van der Waals surface area contributed by atoms with Crippen LogP contribution in [0.1, 0.15) is 11.4 Å². The number of hydrogen-bond donors (Lipinski definition) is 5. The number of aliphatic hydroxyl groups is 1. The van der Waals surface area contributed by atoms with Gasteiger partial charge in [0.1, 0.15) is 29.3 Å². The van der Waals surface area contributed by atoms with Crippen molar-refractivity contribution in [1.29, 1.82) is 0 Å². The Bertz CT molecular complexity index is 1560. The molecule has 0 aliphatic carbocycles. The zero-order chi connectivity index (χ0) is 29.3. The minimum Gasteiger partial charge on any atom is -0.543 e. The molecule has 216 valence electrons. The number of carboxylic acids is 1. The van der Waals surface area contributed by atoms with Crippen molar-refractivity contribution in [2.24, 2.45) is 5.16 Å². The summed E-state index contributed by atoms with van der Waals surface area (Å²) < 4.78 is 4.30. The molecule has 3 aromatic heterocycles. The summed E-state index contributed by atoms with van der Waals surface area (Å²) in [6.07, 6.45) is 1.80. The third-order valence-corrected chi connectivity index (χ3v) is 10.3. The van der Waals surface area contributed by atoms with Gasteiger partial charge in [0.25, 0.3) is 11.8 Å². The maximum atomic E-state index is 13.0. The molecule has 2 aliphatic heterocycles. The summed E-state index contributed by atoms with van der Waals surface area (Å²) in [6, 6.07) is 0.713. The molecule has 0 radical (unpaired) electrons. The van der Waals surface area contributed by atoms with Gasteiger partial charge in [0.2, 0.25) is 6.54 Å². The minimum atomic E-state index is -1.49. The van der Waals surface area contributed by atoms with Gasteiger partial charge in [-0.1, -0.05) is 16.9 Å². The number of carbonyl (C=O) groups excluding carboxylic acids is 3. The first-order valence-corrected chi connectivity index (χ1v) is 15.7. The summed E-state index contributed by atoms with van der Waals surface area (Å²) in [5.41, 5.74) is 12.2. The van der Waals surface area contributed by atoms with Crippen molar-refractivity contribution in [3.8, 4) is 0 Å². The number of nitrogens with zero attached hydrogens (tertiary/aromatic N) is 6. The van der Waals surface area contributed by atoms with Crippen LogP contribution >= 0.6 is 46.2 Å². The second-order valence-corrected chi connectivity index (χ2v) is 12.8. The Labute approximate surface area is 248 Å². The largest absolute Gasteiger partial charge is 0.543 e. The van der Waals surface area contributed by atoms with Crippen LogP contribution in [0.2, 0.25) is 0 Å². The maximum Gasteiger partial charge on any atom is 0.276 e. The number of oxime groups is 1. The molecule has 41 heavy (non-hydrogen) atoms. The van der Waals surface area contributed by atoms with Crippen molar-refractivity contribution in [1.82, 2.24) is 24.9 Å². The van der Waals surface area contributed by atoms with E-state index in [2.05, 4.69) is 20.4 Å². The van der Waals surface area contributed by atoms with E-state index < -0.39 is 34.9 Å². The van der Waals surface area contributed by atoms with Gasteiger partial charge >= 0.3 is 0 Å². The molecular weight excluding hydrogens is 615 g/mol. The van der Waals surface area contributed by atoms with Crippen molar-refractivity contribution in [3.63, 3.8) is 0 Å². The number of nitrogens with two attached hydrogens (primary N) is 2. The Morgan fingerprint density at radius 1 is 1.29 bits per heavy atom. The van der Waals surface area contributed by atoms with Gasteiger partial charge in [0.05, 0.1) is 24.3 Å². The topological polar surface area (TPSA) is 229 Å². The summed E-state index contributed by atoms with van der Waals surface area (Å²) in [5.74, 6) is -1.87. The molecule has 1 unspecified atom stereocenters. The van der Waals surface area contributed by atoms with Crippen LogP contribution in [0.15, 0.2) is 43.8 Å². The monoisotopic (exact) mass is 637 g/mol. The van der Waals surface area contributed by atoms with Crippen molar-refractivity contribution >= 4 is 80.6 Å². The third-order valence-electron chi connectivity index (χ3n) is 6.17. The van der Waals surface area contributed by atoms with Crippen molar-refractivity contribution < 1.29 is 34.5 Å². The number of carboxylic acid groups (broad SMARTS) is 1. The van der Waals surface area contributed by atoms with Gasteiger partial charge < -0.3 is 37.0 Å². The van der Waals surface area contributed by atoms with E-state index in [1.165, 1.54) is 40.2 Å². The van der Waals surface area contributed by atoms with E-state index in [1.807, 2.05) is 10.1 Å². The van der Waals surface area contributed by atoms with Crippen LogP contribution in [-0.4, -0.2) is 82.9 Å². The minimum absolute atomic E-state index is 0.0502. The molecule has 1 fully saturated rings. The van der Waals surface area contributed by atoms with E-state index in [1.54, 1.807) is 16.9 Å². The van der Waals surface area contributed by atoms with Crippen LogP contribution in [0, 0.1) is 0 Å². The molecule has 5 rings (SSSR count). The van der Waals surface area contributed by atoms with Gasteiger partial charge in [-0.2, -0.15) is 0 Å². The molecule has 0 bridgehead atoms. The summed E-state index contributed by atoms with van der Waals surface area (Å²) in [4.78, 5) is 47.4. The van der Waals surface area contributed by atoms with Crippen LogP contribution < -0.4 is 26.6 Å². The van der Waals surface area contributed by atoms with Gasteiger partial charge in [-0.15, -0.1) is 43.8 Å². The number of hydrogen-bond acceptors (Lipinski definition) is 15. The average molecular weight is 638 g/mol. The molecule has 3 aromatic rings. The Hall–Kier alpha value is -3.65. The number of anilines is 2. The highest BCUT2D eigenvalue weighted by atomic mass is 32.2. The summed E-state index contributed by atoms with van der Waals surface area (Å²) in [5, 5.41) is 39.0. The number of fused-ring (bicyclic) bond motifs is 1. The molecule has 2 atom stereocenters.